The highest BCUT2D eigenvalue weighted by Crippen LogP contribution is 2.16. The Hall–Kier alpha value is -0.640. The van der Waals surface area contributed by atoms with Crippen LogP contribution in [0.5, 0.6) is 0 Å². The van der Waals surface area contributed by atoms with Crippen molar-refractivity contribution in [1.82, 2.24) is 10.3 Å². The van der Waals surface area contributed by atoms with Crippen LogP contribution in [0, 0.1) is 0 Å². The molecule has 0 aromatic carbocycles. The maximum Gasteiger partial charge on any atom is 0.0734 e. The quantitative estimate of drug-likeness (QED) is 0.741. The van der Waals surface area contributed by atoms with E-state index in [1.807, 2.05) is 6.07 Å². The molecule has 13 heavy (non-hydrogen) atoms. The average molecular weight is 199 g/mol. The molecular formula is C9H11ClN2O. The van der Waals surface area contributed by atoms with Crippen molar-refractivity contribution in [2.45, 2.75) is 6.04 Å². The van der Waals surface area contributed by atoms with Gasteiger partial charge in [-0.25, -0.2) is 0 Å². The van der Waals surface area contributed by atoms with Crippen molar-refractivity contribution in [3.8, 4) is 0 Å². The van der Waals surface area contributed by atoms with Gasteiger partial charge < -0.3 is 10.1 Å². The summed E-state index contributed by atoms with van der Waals surface area (Å²) < 4.78 is 5.33. The Morgan fingerprint density at radius 3 is 3.23 bits per heavy atom. The van der Waals surface area contributed by atoms with E-state index in [4.69, 9.17) is 16.3 Å². The van der Waals surface area contributed by atoms with E-state index in [-0.39, 0.29) is 6.04 Å². The first-order chi connectivity index (χ1) is 6.36. The molecule has 1 aromatic rings. The van der Waals surface area contributed by atoms with Gasteiger partial charge in [-0.3, -0.25) is 4.98 Å². The molecule has 1 aromatic heterocycles. The average Bonchev–Trinajstić information content (AvgIpc) is 2.19. The SMILES string of the molecule is Clc1ccnc([C@@H]2COCCN2)c1. The topological polar surface area (TPSA) is 34.1 Å². The fourth-order valence-corrected chi connectivity index (χ4v) is 1.54. The van der Waals surface area contributed by atoms with Crippen molar-refractivity contribution in [1.29, 1.82) is 0 Å². The maximum atomic E-state index is 5.86. The highest BCUT2D eigenvalue weighted by atomic mass is 35.5. The molecule has 0 radical (unpaired) electrons. The van der Waals surface area contributed by atoms with E-state index in [9.17, 15) is 0 Å². The van der Waals surface area contributed by atoms with Crippen LogP contribution < -0.4 is 5.32 Å². The van der Waals surface area contributed by atoms with E-state index < -0.39 is 0 Å². The van der Waals surface area contributed by atoms with Gasteiger partial charge in [-0.15, -0.1) is 0 Å². The molecule has 70 valence electrons. The van der Waals surface area contributed by atoms with E-state index in [1.165, 1.54) is 0 Å². The van der Waals surface area contributed by atoms with Crippen LogP contribution in [0.1, 0.15) is 11.7 Å². The molecule has 0 bridgehead atoms. The van der Waals surface area contributed by atoms with Crippen LogP contribution in [-0.4, -0.2) is 24.7 Å². The monoisotopic (exact) mass is 198 g/mol. The number of hydrogen-bond donors (Lipinski definition) is 1. The standard InChI is InChI=1S/C9H11ClN2O/c10-7-1-2-11-8(5-7)9-6-13-4-3-12-9/h1-2,5,9,12H,3-4,6H2/t9-/m0/s1. The zero-order valence-corrected chi connectivity index (χ0v) is 7.92. The van der Waals surface area contributed by atoms with E-state index in [1.54, 1.807) is 12.3 Å². The van der Waals surface area contributed by atoms with Crippen LogP contribution in [0.2, 0.25) is 5.02 Å². The van der Waals surface area contributed by atoms with Gasteiger partial charge in [-0.2, -0.15) is 0 Å². The molecule has 2 heterocycles. The van der Waals surface area contributed by atoms with Crippen LogP contribution in [0.4, 0.5) is 0 Å². The summed E-state index contributed by atoms with van der Waals surface area (Å²) >= 11 is 5.86. The van der Waals surface area contributed by atoms with Gasteiger partial charge >= 0.3 is 0 Å². The summed E-state index contributed by atoms with van der Waals surface area (Å²) in [6, 6.07) is 3.83. The van der Waals surface area contributed by atoms with Crippen molar-refractivity contribution < 1.29 is 4.74 Å². The first-order valence-corrected chi connectivity index (χ1v) is 4.66. The summed E-state index contributed by atoms with van der Waals surface area (Å²) in [6.07, 6.45) is 1.72. The lowest BCUT2D eigenvalue weighted by Gasteiger charge is -2.23. The van der Waals surface area contributed by atoms with Gasteiger partial charge in [0.05, 0.1) is 24.9 Å². The molecule has 0 amide bonds. The third-order valence-corrected chi connectivity index (χ3v) is 2.26. The van der Waals surface area contributed by atoms with Crippen molar-refractivity contribution >= 4 is 11.6 Å². The summed E-state index contributed by atoms with van der Waals surface area (Å²) in [5, 5.41) is 4.04. The Bertz CT molecular complexity index is 287. The lowest BCUT2D eigenvalue weighted by molar-refractivity contribution is 0.0756. The normalized spacial score (nSPS) is 23.0. The summed E-state index contributed by atoms with van der Waals surface area (Å²) in [5.41, 5.74) is 0.951. The Morgan fingerprint density at radius 2 is 2.54 bits per heavy atom. The van der Waals surface area contributed by atoms with E-state index in [0.717, 1.165) is 23.9 Å². The minimum atomic E-state index is 0.187. The van der Waals surface area contributed by atoms with Crippen molar-refractivity contribution in [3.63, 3.8) is 0 Å². The second-order valence-corrected chi connectivity index (χ2v) is 3.42. The molecule has 1 aliphatic rings. The van der Waals surface area contributed by atoms with E-state index >= 15 is 0 Å². The van der Waals surface area contributed by atoms with Crippen LogP contribution >= 0.6 is 11.6 Å². The Kier molecular flexibility index (Phi) is 2.78. The number of nitrogens with one attached hydrogen (secondary N) is 1. The number of hydrogen-bond acceptors (Lipinski definition) is 3. The summed E-state index contributed by atoms with van der Waals surface area (Å²) in [4.78, 5) is 4.24. The second kappa shape index (κ2) is 4.05. The zero-order chi connectivity index (χ0) is 9.10. The molecule has 4 heteroatoms. The van der Waals surface area contributed by atoms with Crippen molar-refractivity contribution in [3.05, 3.63) is 29.0 Å². The molecule has 1 atom stereocenters. The highest BCUT2D eigenvalue weighted by molar-refractivity contribution is 6.30. The highest BCUT2D eigenvalue weighted by Gasteiger charge is 2.16. The van der Waals surface area contributed by atoms with E-state index in [0.29, 0.717) is 6.61 Å². The Labute approximate surface area is 82.1 Å². The maximum absolute atomic E-state index is 5.86. The number of rotatable bonds is 1. The summed E-state index contributed by atoms with van der Waals surface area (Å²) in [7, 11) is 0. The summed E-state index contributed by atoms with van der Waals surface area (Å²) in [5.74, 6) is 0. The van der Waals surface area contributed by atoms with Gasteiger partial charge in [0.1, 0.15) is 0 Å². The fraction of sp³-hybridized carbons (Fsp3) is 0.444. The molecular weight excluding hydrogens is 188 g/mol. The molecule has 0 saturated carbocycles. The molecule has 3 nitrogen and oxygen atoms in total. The molecule has 1 saturated heterocycles. The van der Waals surface area contributed by atoms with Crippen molar-refractivity contribution in [2.24, 2.45) is 0 Å². The minimum Gasteiger partial charge on any atom is -0.378 e. The molecule has 0 unspecified atom stereocenters. The zero-order valence-electron chi connectivity index (χ0n) is 7.16. The van der Waals surface area contributed by atoms with Crippen LogP contribution in [0.25, 0.3) is 0 Å². The number of aromatic nitrogens is 1. The first-order valence-electron chi connectivity index (χ1n) is 4.29. The minimum absolute atomic E-state index is 0.187. The van der Waals surface area contributed by atoms with Crippen LogP contribution in [0.3, 0.4) is 0 Å². The Balaban J connectivity index is 2.14. The lowest BCUT2D eigenvalue weighted by Crippen LogP contribution is -2.35. The van der Waals surface area contributed by atoms with Gasteiger partial charge in [0.25, 0.3) is 0 Å². The number of ether oxygens (including phenoxy) is 1. The number of morpholine rings is 1. The van der Waals surface area contributed by atoms with Gasteiger partial charge in [0.15, 0.2) is 0 Å². The number of halogens is 1. The molecule has 0 aliphatic carbocycles. The summed E-state index contributed by atoms with van der Waals surface area (Å²) in [6.45, 7) is 2.32. The van der Waals surface area contributed by atoms with Gasteiger partial charge in [0, 0.05) is 17.8 Å². The predicted octanol–water partition coefficient (Wildman–Crippen LogP) is 1.40. The molecule has 0 spiro atoms. The molecule has 1 N–H and O–H groups in total. The van der Waals surface area contributed by atoms with Gasteiger partial charge in [0.2, 0.25) is 0 Å². The van der Waals surface area contributed by atoms with Gasteiger partial charge in [-0.1, -0.05) is 11.6 Å². The van der Waals surface area contributed by atoms with Crippen molar-refractivity contribution in [2.75, 3.05) is 19.8 Å². The fourth-order valence-electron chi connectivity index (χ4n) is 1.37. The van der Waals surface area contributed by atoms with Gasteiger partial charge in [-0.05, 0) is 12.1 Å². The lowest BCUT2D eigenvalue weighted by atomic mass is 10.2. The number of pyridine rings is 1. The second-order valence-electron chi connectivity index (χ2n) is 2.98. The molecule has 1 aliphatic heterocycles. The van der Waals surface area contributed by atoms with E-state index in [2.05, 4.69) is 10.3 Å². The predicted molar refractivity (Wildman–Crippen MR) is 50.8 cm³/mol. The van der Waals surface area contributed by atoms with Crippen LogP contribution in [-0.2, 0) is 4.74 Å². The third kappa shape index (κ3) is 2.18. The number of nitrogens with zero attached hydrogens (tertiary/aromatic N) is 1. The van der Waals surface area contributed by atoms with Crippen LogP contribution in [0.15, 0.2) is 18.3 Å². The smallest absolute Gasteiger partial charge is 0.0734 e. The molecule has 2 rings (SSSR count). The Morgan fingerprint density at radius 1 is 1.62 bits per heavy atom. The largest absolute Gasteiger partial charge is 0.378 e. The first kappa shape index (κ1) is 8.94. The third-order valence-electron chi connectivity index (χ3n) is 2.02. The molecule has 1 fully saturated rings.